The van der Waals surface area contributed by atoms with Gasteiger partial charge in [0.25, 0.3) is 0 Å². The third kappa shape index (κ3) is 4.00. The fraction of sp³-hybridized carbons (Fsp3) is 0.647. The molecule has 20 heavy (non-hydrogen) atoms. The van der Waals surface area contributed by atoms with Gasteiger partial charge in [-0.25, -0.2) is 0 Å². The molecule has 2 unspecified atom stereocenters. The molecular weight excluding hydrogens is 264 g/mol. The molecule has 1 aliphatic rings. The van der Waals surface area contributed by atoms with E-state index in [9.17, 15) is 0 Å². The number of thioether (sulfide) groups is 1. The zero-order valence-electron chi connectivity index (χ0n) is 13.1. The maximum Gasteiger partial charge on any atom is 0.0322 e. The predicted molar refractivity (Wildman–Crippen MR) is 89.5 cm³/mol. The van der Waals surface area contributed by atoms with Crippen LogP contribution >= 0.6 is 11.8 Å². The average molecular weight is 292 g/mol. The number of benzene rings is 1. The third-order valence-electron chi connectivity index (χ3n) is 4.50. The van der Waals surface area contributed by atoms with E-state index >= 15 is 0 Å². The van der Waals surface area contributed by atoms with E-state index in [0.717, 1.165) is 12.6 Å². The molecule has 0 radical (unpaired) electrons. The normalized spacial score (nSPS) is 21.9. The van der Waals surface area contributed by atoms with Gasteiger partial charge in [0.2, 0.25) is 0 Å². The molecule has 1 aromatic carbocycles. The number of likely N-dealkylation sites (tertiary alicyclic amines) is 1. The molecule has 2 atom stereocenters. The molecule has 0 spiro atoms. The first-order valence-corrected chi connectivity index (χ1v) is 9.03. The fourth-order valence-corrected chi connectivity index (χ4v) is 3.64. The second-order valence-corrected chi connectivity index (χ2v) is 6.61. The van der Waals surface area contributed by atoms with Crippen molar-refractivity contribution < 1.29 is 0 Å². The third-order valence-corrected chi connectivity index (χ3v) is 5.24. The molecule has 1 heterocycles. The smallest absolute Gasteiger partial charge is 0.0322 e. The number of hydrogen-bond donors (Lipinski definition) is 1. The lowest BCUT2D eigenvalue weighted by Gasteiger charge is -2.40. The van der Waals surface area contributed by atoms with Gasteiger partial charge in [0.1, 0.15) is 0 Å². The summed E-state index contributed by atoms with van der Waals surface area (Å²) in [5.41, 5.74) is 1.46. The first-order valence-electron chi connectivity index (χ1n) is 7.80. The Bertz CT molecular complexity index is 390. The van der Waals surface area contributed by atoms with E-state index in [1.165, 1.54) is 42.7 Å². The van der Waals surface area contributed by atoms with Gasteiger partial charge in [0.15, 0.2) is 0 Å². The number of nitrogens with one attached hydrogen (secondary N) is 1. The van der Waals surface area contributed by atoms with Crippen molar-refractivity contribution in [1.82, 2.24) is 10.2 Å². The van der Waals surface area contributed by atoms with Crippen LogP contribution in [0.25, 0.3) is 0 Å². The van der Waals surface area contributed by atoms with Gasteiger partial charge in [-0.1, -0.05) is 18.6 Å². The summed E-state index contributed by atoms with van der Waals surface area (Å²) in [6, 6.07) is 10.4. The zero-order valence-corrected chi connectivity index (χ0v) is 13.9. The Labute approximate surface area is 128 Å². The zero-order chi connectivity index (χ0) is 14.4. The van der Waals surface area contributed by atoms with Gasteiger partial charge in [-0.15, -0.1) is 11.8 Å². The summed E-state index contributed by atoms with van der Waals surface area (Å²) in [5, 5.41) is 3.30. The molecule has 2 rings (SSSR count). The second kappa shape index (κ2) is 8.06. The molecule has 3 heteroatoms. The summed E-state index contributed by atoms with van der Waals surface area (Å²) in [5.74, 6) is 0. The topological polar surface area (TPSA) is 15.3 Å². The molecule has 1 aliphatic heterocycles. The molecule has 0 saturated carbocycles. The Hall–Kier alpha value is -0.510. The first-order chi connectivity index (χ1) is 9.76. The largest absolute Gasteiger partial charge is 0.320 e. The maximum absolute atomic E-state index is 3.30. The van der Waals surface area contributed by atoms with Crippen molar-refractivity contribution in [2.24, 2.45) is 0 Å². The maximum atomic E-state index is 3.30. The Morgan fingerprint density at radius 1 is 1.30 bits per heavy atom. The number of rotatable bonds is 6. The van der Waals surface area contributed by atoms with Gasteiger partial charge in [0.05, 0.1) is 0 Å². The van der Waals surface area contributed by atoms with Gasteiger partial charge in [-0.2, -0.15) is 0 Å². The number of hydrogen-bond acceptors (Lipinski definition) is 3. The SMILES string of the molecule is CNCCC1CCCCN1C(C)c1ccc(SC)cc1. The summed E-state index contributed by atoms with van der Waals surface area (Å²) in [6.45, 7) is 4.74. The van der Waals surface area contributed by atoms with Crippen molar-refractivity contribution in [2.75, 3.05) is 26.4 Å². The van der Waals surface area contributed by atoms with E-state index in [1.54, 1.807) is 0 Å². The lowest BCUT2D eigenvalue weighted by atomic mass is 9.95. The Morgan fingerprint density at radius 3 is 2.70 bits per heavy atom. The van der Waals surface area contributed by atoms with Crippen LogP contribution < -0.4 is 5.32 Å². The van der Waals surface area contributed by atoms with E-state index in [2.05, 4.69) is 54.7 Å². The van der Waals surface area contributed by atoms with Gasteiger partial charge >= 0.3 is 0 Å². The quantitative estimate of drug-likeness (QED) is 0.800. The molecular formula is C17H28N2S. The van der Waals surface area contributed by atoms with Gasteiger partial charge in [0, 0.05) is 17.0 Å². The Morgan fingerprint density at radius 2 is 2.05 bits per heavy atom. The van der Waals surface area contributed by atoms with Gasteiger partial charge < -0.3 is 5.32 Å². The van der Waals surface area contributed by atoms with E-state index < -0.39 is 0 Å². The molecule has 1 fully saturated rings. The summed E-state index contributed by atoms with van der Waals surface area (Å²) in [7, 11) is 2.05. The minimum atomic E-state index is 0.535. The van der Waals surface area contributed by atoms with Gasteiger partial charge in [-0.05, 0) is 70.3 Å². The highest BCUT2D eigenvalue weighted by Crippen LogP contribution is 2.30. The minimum absolute atomic E-state index is 0.535. The lowest BCUT2D eigenvalue weighted by molar-refractivity contribution is 0.0971. The molecule has 1 saturated heterocycles. The molecule has 0 aromatic heterocycles. The Balaban J connectivity index is 2.05. The van der Waals surface area contributed by atoms with Crippen LogP contribution in [0.15, 0.2) is 29.2 Å². The summed E-state index contributed by atoms with van der Waals surface area (Å²) in [4.78, 5) is 4.07. The molecule has 1 aromatic rings. The van der Waals surface area contributed by atoms with Crippen LogP contribution in [-0.2, 0) is 0 Å². The van der Waals surface area contributed by atoms with Crippen molar-refractivity contribution in [3.8, 4) is 0 Å². The van der Waals surface area contributed by atoms with Crippen LogP contribution in [0.2, 0.25) is 0 Å². The molecule has 0 amide bonds. The highest BCUT2D eigenvalue weighted by atomic mass is 32.2. The molecule has 1 N–H and O–H groups in total. The Kier molecular flexibility index (Phi) is 6.40. The van der Waals surface area contributed by atoms with E-state index in [0.29, 0.717) is 6.04 Å². The molecule has 0 aliphatic carbocycles. The standard InChI is InChI=1S/C17H28N2S/c1-14(15-7-9-17(20-3)10-8-15)19-13-5-4-6-16(19)11-12-18-2/h7-10,14,16,18H,4-6,11-13H2,1-3H3. The van der Waals surface area contributed by atoms with Crippen molar-refractivity contribution in [1.29, 1.82) is 0 Å². The lowest BCUT2D eigenvalue weighted by Crippen LogP contribution is -2.42. The van der Waals surface area contributed by atoms with Crippen LogP contribution in [0.4, 0.5) is 0 Å². The van der Waals surface area contributed by atoms with E-state index in [1.807, 2.05) is 11.8 Å². The molecule has 112 valence electrons. The van der Waals surface area contributed by atoms with Crippen LogP contribution in [0.5, 0.6) is 0 Å². The average Bonchev–Trinajstić information content (AvgIpc) is 2.52. The van der Waals surface area contributed by atoms with Gasteiger partial charge in [-0.3, -0.25) is 4.90 Å². The second-order valence-electron chi connectivity index (χ2n) is 5.73. The van der Waals surface area contributed by atoms with E-state index in [4.69, 9.17) is 0 Å². The van der Waals surface area contributed by atoms with Crippen molar-refractivity contribution >= 4 is 11.8 Å². The monoisotopic (exact) mass is 292 g/mol. The molecule has 0 bridgehead atoms. The van der Waals surface area contributed by atoms with Crippen LogP contribution in [0, 0.1) is 0 Å². The summed E-state index contributed by atoms with van der Waals surface area (Å²) in [6.07, 6.45) is 7.50. The fourth-order valence-electron chi connectivity index (χ4n) is 3.23. The number of nitrogens with zero attached hydrogens (tertiary/aromatic N) is 1. The van der Waals surface area contributed by atoms with Crippen LogP contribution in [-0.4, -0.2) is 37.3 Å². The van der Waals surface area contributed by atoms with Crippen LogP contribution in [0.3, 0.4) is 0 Å². The van der Waals surface area contributed by atoms with E-state index in [-0.39, 0.29) is 0 Å². The van der Waals surface area contributed by atoms with Crippen molar-refractivity contribution in [2.45, 2.75) is 49.6 Å². The summed E-state index contributed by atoms with van der Waals surface area (Å²) < 4.78 is 0. The van der Waals surface area contributed by atoms with Crippen molar-refractivity contribution in [3.63, 3.8) is 0 Å². The highest BCUT2D eigenvalue weighted by molar-refractivity contribution is 7.98. The highest BCUT2D eigenvalue weighted by Gasteiger charge is 2.26. The summed E-state index contributed by atoms with van der Waals surface area (Å²) >= 11 is 1.81. The van der Waals surface area contributed by atoms with Crippen LogP contribution in [0.1, 0.15) is 44.2 Å². The minimum Gasteiger partial charge on any atom is -0.320 e. The predicted octanol–water partition coefficient (Wildman–Crippen LogP) is 3.93. The molecule has 2 nitrogen and oxygen atoms in total. The first kappa shape index (κ1) is 15.9. The number of piperidine rings is 1. The van der Waals surface area contributed by atoms with Crippen molar-refractivity contribution in [3.05, 3.63) is 29.8 Å².